The minimum atomic E-state index is -0.513. The second-order valence-electron chi connectivity index (χ2n) is 4.46. The van der Waals surface area contributed by atoms with Gasteiger partial charge in [0.1, 0.15) is 6.33 Å². The number of anilines is 1. The van der Waals surface area contributed by atoms with E-state index >= 15 is 0 Å². The first-order valence-corrected chi connectivity index (χ1v) is 6.30. The molecule has 3 heterocycles. The van der Waals surface area contributed by atoms with Gasteiger partial charge in [0.05, 0.1) is 13.7 Å². The van der Waals surface area contributed by atoms with E-state index in [1.807, 2.05) is 0 Å². The lowest BCUT2D eigenvalue weighted by Gasteiger charge is -2.30. The molecule has 3 rings (SSSR count). The maximum absolute atomic E-state index is 11.5. The summed E-state index contributed by atoms with van der Waals surface area (Å²) in [5.41, 5.74) is 0.852. The quantitative estimate of drug-likeness (QED) is 0.731. The van der Waals surface area contributed by atoms with Gasteiger partial charge in [-0.25, -0.2) is 24.4 Å². The zero-order chi connectivity index (χ0) is 13.9. The number of methoxy groups -OCH3 is 1. The molecule has 1 saturated heterocycles. The standard InChI is InChI=1S/C12H14N6O2/c1-20-11(19)10-15-8-16-18(10)7-9-5-13-12(14-6-9)17-3-2-4-17/h5-6,8H,2-4,7H2,1H3. The lowest BCUT2D eigenvalue weighted by atomic mass is 10.2. The molecule has 8 nitrogen and oxygen atoms in total. The topological polar surface area (TPSA) is 86.0 Å². The van der Waals surface area contributed by atoms with Crippen LogP contribution in [0, 0.1) is 0 Å². The minimum absolute atomic E-state index is 0.166. The van der Waals surface area contributed by atoms with Crippen molar-refractivity contribution in [1.29, 1.82) is 0 Å². The SMILES string of the molecule is COC(=O)c1ncnn1Cc1cnc(N2CCC2)nc1. The average Bonchev–Trinajstić information content (AvgIpc) is 2.86. The average molecular weight is 274 g/mol. The smallest absolute Gasteiger partial charge is 0.375 e. The summed E-state index contributed by atoms with van der Waals surface area (Å²) in [5, 5.41) is 4.00. The van der Waals surface area contributed by atoms with Crippen LogP contribution in [0.5, 0.6) is 0 Å². The molecular weight excluding hydrogens is 260 g/mol. The van der Waals surface area contributed by atoms with E-state index < -0.39 is 5.97 Å². The zero-order valence-corrected chi connectivity index (χ0v) is 11.1. The Kier molecular flexibility index (Phi) is 3.28. The maximum atomic E-state index is 11.5. The number of aromatic nitrogens is 5. The van der Waals surface area contributed by atoms with Crippen molar-refractivity contribution in [3.05, 3.63) is 30.1 Å². The first-order valence-electron chi connectivity index (χ1n) is 6.30. The molecule has 1 fully saturated rings. The van der Waals surface area contributed by atoms with Gasteiger partial charge in [0.2, 0.25) is 11.8 Å². The summed E-state index contributed by atoms with van der Waals surface area (Å²) in [6, 6.07) is 0. The van der Waals surface area contributed by atoms with E-state index in [9.17, 15) is 4.79 Å². The molecule has 1 aliphatic heterocycles. The fourth-order valence-corrected chi connectivity index (χ4v) is 1.91. The number of ether oxygens (including phenoxy) is 1. The molecule has 0 bridgehead atoms. The highest BCUT2D eigenvalue weighted by molar-refractivity contribution is 5.85. The number of rotatable bonds is 4. The van der Waals surface area contributed by atoms with Crippen LogP contribution in [0.25, 0.3) is 0 Å². The summed E-state index contributed by atoms with van der Waals surface area (Å²) in [5.74, 6) is 0.395. The Labute approximate surface area is 115 Å². The van der Waals surface area contributed by atoms with Gasteiger partial charge in [-0.15, -0.1) is 0 Å². The third-order valence-corrected chi connectivity index (χ3v) is 3.15. The zero-order valence-electron chi connectivity index (χ0n) is 11.1. The van der Waals surface area contributed by atoms with E-state index in [0.717, 1.165) is 24.6 Å². The molecule has 2 aromatic rings. The largest absolute Gasteiger partial charge is 0.463 e. The van der Waals surface area contributed by atoms with E-state index in [-0.39, 0.29) is 5.82 Å². The lowest BCUT2D eigenvalue weighted by molar-refractivity contribution is 0.0580. The van der Waals surface area contributed by atoms with Crippen LogP contribution >= 0.6 is 0 Å². The fraction of sp³-hybridized carbons (Fsp3) is 0.417. The number of nitrogens with zero attached hydrogens (tertiary/aromatic N) is 6. The Balaban J connectivity index is 1.74. The van der Waals surface area contributed by atoms with E-state index in [0.29, 0.717) is 6.54 Å². The monoisotopic (exact) mass is 274 g/mol. The van der Waals surface area contributed by atoms with Crippen molar-refractivity contribution in [3.63, 3.8) is 0 Å². The van der Waals surface area contributed by atoms with Crippen LogP contribution in [0.4, 0.5) is 5.95 Å². The van der Waals surface area contributed by atoms with E-state index in [2.05, 4.69) is 29.7 Å². The summed E-state index contributed by atoms with van der Waals surface area (Å²) < 4.78 is 6.11. The highest BCUT2D eigenvalue weighted by atomic mass is 16.5. The number of carbonyl (C=O) groups excluding carboxylic acids is 1. The van der Waals surface area contributed by atoms with Crippen molar-refractivity contribution in [2.45, 2.75) is 13.0 Å². The number of hydrogen-bond acceptors (Lipinski definition) is 7. The fourth-order valence-electron chi connectivity index (χ4n) is 1.91. The van der Waals surface area contributed by atoms with Crippen LogP contribution in [-0.4, -0.2) is 50.9 Å². The van der Waals surface area contributed by atoms with Crippen molar-refractivity contribution < 1.29 is 9.53 Å². The van der Waals surface area contributed by atoms with Crippen LogP contribution < -0.4 is 4.90 Å². The summed E-state index contributed by atoms with van der Waals surface area (Å²) >= 11 is 0. The van der Waals surface area contributed by atoms with Crippen LogP contribution in [0.15, 0.2) is 18.7 Å². The van der Waals surface area contributed by atoms with Gasteiger partial charge in [0.25, 0.3) is 0 Å². The highest BCUT2D eigenvalue weighted by Crippen LogP contribution is 2.15. The van der Waals surface area contributed by atoms with Gasteiger partial charge >= 0.3 is 5.97 Å². The summed E-state index contributed by atoms with van der Waals surface area (Å²) in [6.07, 6.45) is 5.99. The van der Waals surface area contributed by atoms with Gasteiger partial charge in [-0.3, -0.25) is 0 Å². The second-order valence-corrected chi connectivity index (χ2v) is 4.46. The van der Waals surface area contributed by atoms with Crippen LogP contribution in [-0.2, 0) is 11.3 Å². The normalized spacial score (nSPS) is 13.9. The van der Waals surface area contributed by atoms with Crippen molar-refractivity contribution in [3.8, 4) is 0 Å². The molecule has 0 aliphatic carbocycles. The van der Waals surface area contributed by atoms with Crippen molar-refractivity contribution in [1.82, 2.24) is 24.7 Å². The van der Waals surface area contributed by atoms with Gasteiger partial charge in [-0.1, -0.05) is 0 Å². The Bertz CT molecular complexity index is 605. The molecule has 0 aromatic carbocycles. The molecule has 0 N–H and O–H groups in total. The summed E-state index contributed by atoms with van der Waals surface area (Å²) in [6.45, 7) is 2.40. The molecule has 20 heavy (non-hydrogen) atoms. The Morgan fingerprint density at radius 3 is 2.65 bits per heavy atom. The molecule has 0 unspecified atom stereocenters. The predicted octanol–water partition coefficient (Wildman–Crippen LogP) is 0.113. The molecule has 104 valence electrons. The van der Waals surface area contributed by atoms with Gasteiger partial charge in [-0.2, -0.15) is 5.10 Å². The Morgan fingerprint density at radius 1 is 1.30 bits per heavy atom. The van der Waals surface area contributed by atoms with E-state index in [4.69, 9.17) is 0 Å². The van der Waals surface area contributed by atoms with Gasteiger partial charge in [0, 0.05) is 31.0 Å². The van der Waals surface area contributed by atoms with Gasteiger partial charge in [0.15, 0.2) is 0 Å². The molecule has 1 aliphatic rings. The second kappa shape index (κ2) is 5.24. The summed E-state index contributed by atoms with van der Waals surface area (Å²) in [4.78, 5) is 26.1. The first kappa shape index (κ1) is 12.5. The predicted molar refractivity (Wildman–Crippen MR) is 69.3 cm³/mol. The number of esters is 1. The molecule has 0 spiro atoms. The van der Waals surface area contributed by atoms with Crippen molar-refractivity contribution in [2.75, 3.05) is 25.1 Å². The third-order valence-electron chi connectivity index (χ3n) is 3.15. The first-order chi connectivity index (χ1) is 9.78. The van der Waals surface area contributed by atoms with E-state index in [1.165, 1.54) is 24.5 Å². The molecule has 8 heteroatoms. The number of hydrogen-bond donors (Lipinski definition) is 0. The van der Waals surface area contributed by atoms with Crippen LogP contribution in [0.2, 0.25) is 0 Å². The molecule has 0 amide bonds. The molecule has 2 aromatic heterocycles. The van der Waals surface area contributed by atoms with Crippen LogP contribution in [0.1, 0.15) is 22.6 Å². The van der Waals surface area contributed by atoms with Crippen molar-refractivity contribution in [2.24, 2.45) is 0 Å². The molecule has 0 atom stereocenters. The number of carbonyl (C=O) groups is 1. The lowest BCUT2D eigenvalue weighted by Crippen LogP contribution is -2.38. The van der Waals surface area contributed by atoms with E-state index in [1.54, 1.807) is 12.4 Å². The Morgan fingerprint density at radius 2 is 2.05 bits per heavy atom. The summed E-state index contributed by atoms with van der Waals surface area (Å²) in [7, 11) is 1.31. The van der Waals surface area contributed by atoms with Crippen LogP contribution in [0.3, 0.4) is 0 Å². The minimum Gasteiger partial charge on any atom is -0.463 e. The Hall–Kier alpha value is -2.51. The molecule has 0 radical (unpaired) electrons. The molecular formula is C12H14N6O2. The van der Waals surface area contributed by atoms with Crippen molar-refractivity contribution >= 4 is 11.9 Å². The molecule has 0 saturated carbocycles. The van der Waals surface area contributed by atoms with Gasteiger partial charge in [-0.05, 0) is 6.42 Å². The van der Waals surface area contributed by atoms with Gasteiger partial charge < -0.3 is 9.64 Å². The highest BCUT2D eigenvalue weighted by Gasteiger charge is 2.17. The third kappa shape index (κ3) is 2.31. The maximum Gasteiger partial charge on any atom is 0.375 e.